The number of nitrogens with one attached hydrogen (secondary N) is 2. The standard InChI is InChI=1S/C29H26ClFN4O/c1-3-32-17-22-9-7-21(8-10-22)11-13-26-20(2)33-19-34-29(26)35-25-12-14-28(27(30)16-25)36-18-23-5-4-6-24(31)15-23/h4-10,12,14-16,19,32H,3,17-18H2,1-2H3,(H,33,34,35). The predicted octanol–water partition coefficient (Wildman–Crippen LogP) is 6.41. The molecular formula is C29H26ClFN4O. The Hall–Kier alpha value is -3.92. The third kappa shape index (κ3) is 6.82. The molecule has 7 heteroatoms. The molecule has 2 N–H and O–H groups in total. The van der Waals surface area contributed by atoms with Crippen LogP contribution in [-0.4, -0.2) is 16.5 Å². The number of halogens is 2. The van der Waals surface area contributed by atoms with Crippen LogP contribution in [0.25, 0.3) is 0 Å². The average molecular weight is 501 g/mol. The highest BCUT2D eigenvalue weighted by Crippen LogP contribution is 2.30. The van der Waals surface area contributed by atoms with Gasteiger partial charge in [0, 0.05) is 17.8 Å². The number of hydrogen-bond acceptors (Lipinski definition) is 5. The van der Waals surface area contributed by atoms with Crippen molar-refractivity contribution in [3.63, 3.8) is 0 Å². The summed E-state index contributed by atoms with van der Waals surface area (Å²) >= 11 is 6.45. The van der Waals surface area contributed by atoms with Crippen LogP contribution >= 0.6 is 11.6 Å². The minimum Gasteiger partial charge on any atom is -0.487 e. The molecule has 0 saturated carbocycles. The monoisotopic (exact) mass is 500 g/mol. The van der Waals surface area contributed by atoms with E-state index in [1.165, 1.54) is 24.0 Å². The van der Waals surface area contributed by atoms with E-state index in [1.807, 2.05) is 25.1 Å². The van der Waals surface area contributed by atoms with Crippen LogP contribution in [-0.2, 0) is 13.2 Å². The first-order valence-electron chi connectivity index (χ1n) is 11.6. The molecule has 182 valence electrons. The van der Waals surface area contributed by atoms with E-state index in [-0.39, 0.29) is 12.4 Å². The lowest BCUT2D eigenvalue weighted by Gasteiger charge is -2.12. The number of aryl methyl sites for hydroxylation is 1. The van der Waals surface area contributed by atoms with Crippen LogP contribution < -0.4 is 15.4 Å². The summed E-state index contributed by atoms with van der Waals surface area (Å²) in [5.74, 6) is 7.20. The first-order valence-corrected chi connectivity index (χ1v) is 12.0. The maximum atomic E-state index is 13.4. The van der Waals surface area contributed by atoms with E-state index in [9.17, 15) is 4.39 Å². The minimum absolute atomic E-state index is 0.213. The molecule has 0 atom stereocenters. The van der Waals surface area contributed by atoms with Gasteiger partial charge < -0.3 is 15.4 Å². The summed E-state index contributed by atoms with van der Waals surface area (Å²) in [6, 6.07) is 19.8. The molecule has 0 unspecified atom stereocenters. The van der Waals surface area contributed by atoms with Crippen LogP contribution in [0.4, 0.5) is 15.9 Å². The third-order valence-corrected chi connectivity index (χ3v) is 5.68. The summed E-state index contributed by atoms with van der Waals surface area (Å²) in [5.41, 5.74) is 5.05. The number of ether oxygens (including phenoxy) is 1. The van der Waals surface area contributed by atoms with Gasteiger partial charge in [-0.1, -0.05) is 54.6 Å². The van der Waals surface area contributed by atoms with Gasteiger partial charge >= 0.3 is 0 Å². The highest BCUT2D eigenvalue weighted by Gasteiger charge is 2.09. The molecule has 1 heterocycles. The Labute approximate surface area is 215 Å². The second-order valence-corrected chi connectivity index (χ2v) is 8.51. The zero-order valence-electron chi connectivity index (χ0n) is 20.1. The van der Waals surface area contributed by atoms with Crippen molar-refractivity contribution < 1.29 is 9.13 Å². The summed E-state index contributed by atoms with van der Waals surface area (Å²) < 4.78 is 19.2. The van der Waals surface area contributed by atoms with Gasteiger partial charge in [-0.15, -0.1) is 0 Å². The van der Waals surface area contributed by atoms with Crippen molar-refractivity contribution >= 4 is 23.1 Å². The van der Waals surface area contributed by atoms with Crippen LogP contribution in [0.3, 0.4) is 0 Å². The Morgan fingerprint density at radius 2 is 1.81 bits per heavy atom. The summed E-state index contributed by atoms with van der Waals surface area (Å²) in [5, 5.41) is 7.02. The van der Waals surface area contributed by atoms with Gasteiger partial charge in [0.1, 0.15) is 30.3 Å². The summed E-state index contributed by atoms with van der Waals surface area (Å²) in [6.45, 7) is 5.96. The quantitative estimate of drug-likeness (QED) is 0.274. The van der Waals surface area contributed by atoms with E-state index in [4.69, 9.17) is 16.3 Å². The fraction of sp³-hybridized carbons (Fsp3) is 0.172. The van der Waals surface area contributed by atoms with Crippen molar-refractivity contribution in [2.45, 2.75) is 27.0 Å². The molecule has 4 aromatic rings. The molecule has 1 aromatic heterocycles. The van der Waals surface area contributed by atoms with E-state index in [0.717, 1.165) is 35.6 Å². The molecule has 36 heavy (non-hydrogen) atoms. The smallest absolute Gasteiger partial charge is 0.149 e. The van der Waals surface area contributed by atoms with Crippen molar-refractivity contribution in [2.75, 3.05) is 11.9 Å². The molecular weight excluding hydrogens is 475 g/mol. The van der Waals surface area contributed by atoms with E-state index in [1.54, 1.807) is 24.3 Å². The maximum absolute atomic E-state index is 13.4. The van der Waals surface area contributed by atoms with E-state index < -0.39 is 0 Å². The predicted molar refractivity (Wildman–Crippen MR) is 142 cm³/mol. The van der Waals surface area contributed by atoms with E-state index in [0.29, 0.717) is 22.2 Å². The van der Waals surface area contributed by atoms with Gasteiger partial charge in [-0.25, -0.2) is 14.4 Å². The number of nitrogens with zero attached hydrogens (tertiary/aromatic N) is 2. The van der Waals surface area contributed by atoms with Gasteiger partial charge in [-0.3, -0.25) is 0 Å². The summed E-state index contributed by atoms with van der Waals surface area (Å²) in [4.78, 5) is 8.69. The van der Waals surface area contributed by atoms with Gasteiger partial charge in [-0.05, 0) is 67.1 Å². The largest absolute Gasteiger partial charge is 0.487 e. The molecule has 0 fully saturated rings. The number of hydrogen-bond donors (Lipinski definition) is 2. The van der Waals surface area contributed by atoms with Gasteiger partial charge in [0.05, 0.1) is 16.3 Å². The molecule has 0 amide bonds. The highest BCUT2D eigenvalue weighted by atomic mass is 35.5. The Bertz CT molecular complexity index is 1400. The van der Waals surface area contributed by atoms with Crippen LogP contribution in [0.2, 0.25) is 5.02 Å². The van der Waals surface area contributed by atoms with Crippen LogP contribution in [0.15, 0.2) is 73.1 Å². The summed E-state index contributed by atoms with van der Waals surface area (Å²) in [7, 11) is 0. The fourth-order valence-electron chi connectivity index (χ4n) is 3.45. The van der Waals surface area contributed by atoms with Crippen LogP contribution in [0.5, 0.6) is 5.75 Å². The first-order chi connectivity index (χ1) is 17.5. The molecule has 3 aromatic carbocycles. The SMILES string of the molecule is CCNCc1ccc(C#Cc2c(C)ncnc2Nc2ccc(OCc3cccc(F)c3)c(Cl)c2)cc1. The van der Waals surface area contributed by atoms with Gasteiger partial charge in [0.2, 0.25) is 0 Å². The van der Waals surface area contributed by atoms with Crippen molar-refractivity contribution in [3.05, 3.63) is 112 Å². The van der Waals surface area contributed by atoms with Crippen molar-refractivity contribution in [1.82, 2.24) is 15.3 Å². The fourth-order valence-corrected chi connectivity index (χ4v) is 3.68. The van der Waals surface area contributed by atoms with Crippen LogP contribution in [0.1, 0.15) is 34.9 Å². The lowest BCUT2D eigenvalue weighted by atomic mass is 10.1. The van der Waals surface area contributed by atoms with Crippen molar-refractivity contribution in [1.29, 1.82) is 0 Å². The molecule has 0 radical (unpaired) electrons. The minimum atomic E-state index is -0.304. The Balaban J connectivity index is 1.48. The van der Waals surface area contributed by atoms with Gasteiger partial charge in [0.25, 0.3) is 0 Å². The molecule has 0 aliphatic heterocycles. The Kier molecular flexibility index (Phi) is 8.51. The van der Waals surface area contributed by atoms with Crippen LogP contribution in [0, 0.1) is 24.6 Å². The average Bonchev–Trinajstić information content (AvgIpc) is 2.87. The van der Waals surface area contributed by atoms with Gasteiger partial charge in [-0.2, -0.15) is 0 Å². The molecule has 0 spiro atoms. The molecule has 0 bridgehead atoms. The molecule has 0 aliphatic rings. The molecule has 4 rings (SSSR count). The Morgan fingerprint density at radius 3 is 2.56 bits per heavy atom. The van der Waals surface area contributed by atoms with Crippen molar-refractivity contribution in [3.8, 4) is 17.6 Å². The second-order valence-electron chi connectivity index (χ2n) is 8.10. The van der Waals surface area contributed by atoms with E-state index >= 15 is 0 Å². The summed E-state index contributed by atoms with van der Waals surface area (Å²) in [6.07, 6.45) is 1.50. The number of aromatic nitrogens is 2. The van der Waals surface area contributed by atoms with Crippen molar-refractivity contribution in [2.24, 2.45) is 0 Å². The normalized spacial score (nSPS) is 10.4. The second kappa shape index (κ2) is 12.2. The zero-order chi connectivity index (χ0) is 25.3. The molecule has 0 aliphatic carbocycles. The molecule has 0 saturated heterocycles. The number of benzene rings is 3. The van der Waals surface area contributed by atoms with E-state index in [2.05, 4.69) is 51.5 Å². The number of anilines is 2. The third-order valence-electron chi connectivity index (χ3n) is 5.38. The van der Waals surface area contributed by atoms with Gasteiger partial charge in [0.15, 0.2) is 0 Å². The topological polar surface area (TPSA) is 59.1 Å². The number of rotatable bonds is 8. The Morgan fingerprint density at radius 1 is 0.972 bits per heavy atom. The lowest BCUT2D eigenvalue weighted by molar-refractivity contribution is 0.306. The zero-order valence-corrected chi connectivity index (χ0v) is 20.9. The molecule has 5 nitrogen and oxygen atoms in total. The maximum Gasteiger partial charge on any atom is 0.149 e. The highest BCUT2D eigenvalue weighted by molar-refractivity contribution is 6.32. The first kappa shape index (κ1) is 25.2. The lowest BCUT2D eigenvalue weighted by Crippen LogP contribution is -2.11.